The normalized spacial score (nSPS) is 30.9. The third kappa shape index (κ3) is 5.96. The molecule has 38 heavy (non-hydrogen) atoms. The van der Waals surface area contributed by atoms with E-state index >= 15 is 0 Å². The third-order valence-electron chi connectivity index (χ3n) is 11.4. The van der Waals surface area contributed by atoms with Crippen LogP contribution in [-0.4, -0.2) is 11.6 Å². The maximum Gasteiger partial charge on any atom is 0.178 e. The number of allylic oxidation sites excluding steroid dienone is 2. The zero-order valence-electron chi connectivity index (χ0n) is 26.3. The molecule has 4 heteroatoms. The summed E-state index contributed by atoms with van der Waals surface area (Å²) in [5, 5.41) is 20.1. The number of carbonyl (C=O) groups excluding carboxylic acids is 2. The number of fused-ring (bicyclic) bond motifs is 1. The molecule has 0 aromatic heterocycles. The fourth-order valence-corrected chi connectivity index (χ4v) is 8.23. The van der Waals surface area contributed by atoms with Crippen LogP contribution in [0.1, 0.15) is 134 Å². The van der Waals surface area contributed by atoms with Crippen molar-refractivity contribution in [2.75, 3.05) is 0 Å². The molecule has 0 aromatic rings. The largest absolute Gasteiger partial charge is 0.300 e. The van der Waals surface area contributed by atoms with E-state index in [0.717, 1.165) is 44.9 Å². The third-order valence-corrected chi connectivity index (χ3v) is 11.4. The molecule has 1 fully saturated rings. The Balaban J connectivity index is 2.45. The van der Waals surface area contributed by atoms with Gasteiger partial charge in [0.15, 0.2) is 5.78 Å². The second kappa shape index (κ2) is 10.9. The molecule has 0 aliphatic heterocycles. The first-order valence-electron chi connectivity index (χ1n) is 14.8. The second-order valence-corrected chi connectivity index (χ2v) is 15.5. The Morgan fingerprint density at radius 2 is 1.58 bits per heavy atom. The lowest BCUT2D eigenvalue weighted by Crippen LogP contribution is -2.60. The van der Waals surface area contributed by atoms with E-state index in [1.165, 1.54) is 6.42 Å². The van der Waals surface area contributed by atoms with Gasteiger partial charge in [0.05, 0.1) is 17.1 Å². The number of rotatable bonds is 11. The maximum atomic E-state index is 13.2. The van der Waals surface area contributed by atoms with Crippen LogP contribution in [0.5, 0.6) is 0 Å². The van der Waals surface area contributed by atoms with Crippen molar-refractivity contribution in [3.05, 3.63) is 11.6 Å². The van der Waals surface area contributed by atoms with Gasteiger partial charge in [0.1, 0.15) is 11.9 Å². The molecule has 1 saturated carbocycles. The molecular weight excluding hydrogens is 468 g/mol. The average Bonchev–Trinajstić information content (AvgIpc) is 2.81. The Labute approximate surface area is 233 Å². The van der Waals surface area contributed by atoms with Gasteiger partial charge in [-0.15, -0.1) is 0 Å². The molecule has 212 valence electrons. The predicted octanol–water partition coefficient (Wildman–Crippen LogP) is 9.01. The molecule has 2 aliphatic carbocycles. The molecule has 0 bridgehead atoms. The first-order chi connectivity index (χ1) is 17.2. The molecule has 2 rings (SSSR count). The smallest absolute Gasteiger partial charge is 0.178 e. The Kier molecular flexibility index (Phi) is 9.26. The van der Waals surface area contributed by atoms with Crippen LogP contribution >= 0.6 is 0 Å². The van der Waals surface area contributed by atoms with Gasteiger partial charge in [-0.25, -0.2) is 0 Å². The van der Waals surface area contributed by atoms with Crippen LogP contribution < -0.4 is 0 Å². The summed E-state index contributed by atoms with van der Waals surface area (Å²) in [4.78, 5) is 25.9. The van der Waals surface area contributed by atoms with Crippen LogP contribution in [0.4, 0.5) is 0 Å². The summed E-state index contributed by atoms with van der Waals surface area (Å²) in [6.07, 6.45) is 10.2. The molecule has 0 aromatic carbocycles. The first kappa shape index (κ1) is 32.3. The summed E-state index contributed by atoms with van der Waals surface area (Å²) in [7, 11) is 0. The lowest BCUT2D eigenvalue weighted by atomic mass is 9.39. The highest BCUT2D eigenvalue weighted by Crippen LogP contribution is 2.68. The summed E-state index contributed by atoms with van der Waals surface area (Å²) >= 11 is 0. The Hall–Kier alpha value is -1.94. The van der Waals surface area contributed by atoms with Gasteiger partial charge < -0.3 is 4.79 Å². The van der Waals surface area contributed by atoms with E-state index in [4.69, 9.17) is 0 Å². The van der Waals surface area contributed by atoms with Crippen molar-refractivity contribution in [2.24, 2.45) is 44.3 Å². The minimum absolute atomic E-state index is 0.00815. The zero-order valence-corrected chi connectivity index (χ0v) is 26.3. The first-order valence-corrected chi connectivity index (χ1v) is 14.8. The van der Waals surface area contributed by atoms with Gasteiger partial charge in [0.25, 0.3) is 0 Å². The number of nitriles is 2. The van der Waals surface area contributed by atoms with Crippen LogP contribution in [0, 0.1) is 67.0 Å². The van der Waals surface area contributed by atoms with E-state index in [2.05, 4.69) is 67.5 Å². The van der Waals surface area contributed by atoms with Gasteiger partial charge in [-0.05, 0) is 92.3 Å². The molecular formula is C34H54N2O2. The lowest BCUT2D eigenvalue weighted by molar-refractivity contribution is -0.155. The van der Waals surface area contributed by atoms with E-state index in [1.807, 2.05) is 19.9 Å². The van der Waals surface area contributed by atoms with Gasteiger partial charge in [-0.1, -0.05) is 74.8 Å². The average molecular weight is 523 g/mol. The number of hydrogen-bond donors (Lipinski definition) is 0. The minimum Gasteiger partial charge on any atom is -0.300 e. The van der Waals surface area contributed by atoms with Gasteiger partial charge in [-0.3, -0.25) is 4.79 Å². The topological polar surface area (TPSA) is 81.7 Å². The molecule has 2 aliphatic rings. The monoisotopic (exact) mass is 522 g/mol. The van der Waals surface area contributed by atoms with E-state index in [-0.39, 0.29) is 50.6 Å². The number of carbonyl (C=O) groups is 2. The van der Waals surface area contributed by atoms with Crippen molar-refractivity contribution < 1.29 is 9.59 Å². The van der Waals surface area contributed by atoms with Crippen LogP contribution in [-0.2, 0) is 9.59 Å². The SMILES string of the molecule is CCCC(C)(C)CC[C@](C)(C#N)CCC(C)(C)[C@]1(C)CC[C@H]2C(C)(C)C(=O)C(C#N)=C[C@]2(C)[C@H]1CC(C)=O. The van der Waals surface area contributed by atoms with Crippen molar-refractivity contribution in [3.8, 4) is 12.1 Å². The molecule has 5 atom stereocenters. The van der Waals surface area contributed by atoms with Crippen molar-refractivity contribution in [3.63, 3.8) is 0 Å². The summed E-state index contributed by atoms with van der Waals surface area (Å²) < 4.78 is 0. The Morgan fingerprint density at radius 1 is 1.00 bits per heavy atom. The Morgan fingerprint density at radius 3 is 2.08 bits per heavy atom. The highest BCUT2D eigenvalue weighted by Gasteiger charge is 2.63. The van der Waals surface area contributed by atoms with E-state index in [9.17, 15) is 20.1 Å². The number of hydrogen-bond acceptors (Lipinski definition) is 4. The fourth-order valence-electron chi connectivity index (χ4n) is 8.23. The molecule has 0 amide bonds. The zero-order chi connectivity index (χ0) is 29.4. The molecule has 0 spiro atoms. The van der Waals surface area contributed by atoms with E-state index < -0.39 is 10.8 Å². The van der Waals surface area contributed by atoms with Crippen LogP contribution in [0.25, 0.3) is 0 Å². The Bertz CT molecular complexity index is 1040. The van der Waals surface area contributed by atoms with Crippen molar-refractivity contribution >= 4 is 11.6 Å². The summed E-state index contributed by atoms with van der Waals surface area (Å²) in [5.41, 5.74) is -1.29. The van der Waals surface area contributed by atoms with Crippen molar-refractivity contribution in [1.82, 2.24) is 0 Å². The molecule has 4 nitrogen and oxygen atoms in total. The number of nitrogens with zero attached hydrogens (tertiary/aromatic N) is 2. The molecule has 0 unspecified atom stereocenters. The van der Waals surface area contributed by atoms with Gasteiger partial charge in [0.2, 0.25) is 0 Å². The van der Waals surface area contributed by atoms with Gasteiger partial charge in [-0.2, -0.15) is 10.5 Å². The number of Topliss-reactive ketones (excluding diaryl/α,β-unsaturated/α-hetero) is 2. The highest BCUT2D eigenvalue weighted by atomic mass is 16.1. The van der Waals surface area contributed by atoms with Gasteiger partial charge >= 0.3 is 0 Å². The standard InChI is InChI=1S/C34H54N2O2/c1-12-14-29(3,4)16-18-32(9,23-36)19-17-30(5,6)34(11)15-13-26-31(7,8)28(38)25(22-35)21-33(26,10)27(34)20-24(2)37/h21,26-27H,12-20H2,1-11H3/t26-,27+,32-,33-,34+/m0/s1. The lowest BCUT2D eigenvalue weighted by Gasteiger charge is -2.64. The van der Waals surface area contributed by atoms with Crippen LogP contribution in [0.2, 0.25) is 0 Å². The quantitative estimate of drug-likeness (QED) is 0.271. The molecule has 0 saturated heterocycles. The van der Waals surface area contributed by atoms with Crippen molar-refractivity contribution in [2.45, 2.75) is 134 Å². The highest BCUT2D eigenvalue weighted by molar-refractivity contribution is 6.04. The summed E-state index contributed by atoms with van der Waals surface area (Å²) in [5.74, 6) is 0.176. The van der Waals surface area contributed by atoms with Crippen molar-refractivity contribution in [1.29, 1.82) is 10.5 Å². The van der Waals surface area contributed by atoms with Crippen LogP contribution in [0.15, 0.2) is 11.6 Å². The van der Waals surface area contributed by atoms with E-state index in [1.54, 1.807) is 6.92 Å². The van der Waals surface area contributed by atoms with Gasteiger partial charge in [0, 0.05) is 11.8 Å². The van der Waals surface area contributed by atoms with E-state index in [0.29, 0.717) is 6.42 Å². The fraction of sp³-hybridized carbons (Fsp3) is 0.824. The predicted molar refractivity (Wildman–Crippen MR) is 155 cm³/mol. The summed E-state index contributed by atoms with van der Waals surface area (Å²) in [6.45, 7) is 23.8. The molecule has 0 radical (unpaired) electrons. The summed E-state index contributed by atoms with van der Waals surface area (Å²) in [6, 6.07) is 4.86. The molecule has 0 N–H and O–H groups in total. The van der Waals surface area contributed by atoms with Crippen LogP contribution in [0.3, 0.4) is 0 Å². The molecule has 0 heterocycles. The minimum atomic E-state index is -0.639. The number of ketones is 2. The maximum absolute atomic E-state index is 13.2. The second-order valence-electron chi connectivity index (χ2n) is 15.5.